The monoisotopic (exact) mass is 243 g/mol. The minimum atomic E-state index is 0.244. The highest BCUT2D eigenvalue weighted by atomic mass is 16.5. The molecule has 1 aliphatic rings. The largest absolute Gasteiger partial charge is 0.376 e. The molecule has 0 amide bonds. The third-order valence-electron chi connectivity index (χ3n) is 3.37. The minimum Gasteiger partial charge on any atom is -0.376 e. The molecule has 3 rings (SSSR count). The maximum atomic E-state index is 5.66. The van der Waals surface area contributed by atoms with E-state index in [9.17, 15) is 0 Å². The molecule has 1 aliphatic heterocycles. The van der Waals surface area contributed by atoms with E-state index in [4.69, 9.17) is 4.74 Å². The lowest BCUT2D eigenvalue weighted by molar-refractivity contribution is 0.0994. The van der Waals surface area contributed by atoms with Crippen LogP contribution >= 0.6 is 0 Å². The highest BCUT2D eigenvalue weighted by Gasteiger charge is 2.22. The standard InChI is InChI=1S/C14H17N3O/c1-10(13-7-4-8-18-13)16-14-15-9-11-5-2-3-6-12(11)17-14/h2-3,5-6,9-10,13H,4,7-8H2,1H3,(H,15,16,17). The van der Waals surface area contributed by atoms with Gasteiger partial charge in [-0.3, -0.25) is 0 Å². The number of benzene rings is 1. The first kappa shape index (κ1) is 11.4. The predicted molar refractivity (Wildman–Crippen MR) is 71.6 cm³/mol. The fourth-order valence-corrected chi connectivity index (χ4v) is 2.34. The van der Waals surface area contributed by atoms with Gasteiger partial charge in [-0.15, -0.1) is 0 Å². The Hall–Kier alpha value is -1.68. The molecule has 18 heavy (non-hydrogen) atoms. The summed E-state index contributed by atoms with van der Waals surface area (Å²) in [5.41, 5.74) is 0.967. The highest BCUT2D eigenvalue weighted by Crippen LogP contribution is 2.18. The first-order valence-corrected chi connectivity index (χ1v) is 6.43. The van der Waals surface area contributed by atoms with E-state index in [0.29, 0.717) is 5.95 Å². The van der Waals surface area contributed by atoms with Gasteiger partial charge in [0.05, 0.1) is 17.7 Å². The van der Waals surface area contributed by atoms with Crippen LogP contribution in [-0.4, -0.2) is 28.7 Å². The molecule has 0 bridgehead atoms. The molecule has 1 saturated heterocycles. The fourth-order valence-electron chi connectivity index (χ4n) is 2.34. The van der Waals surface area contributed by atoms with Gasteiger partial charge < -0.3 is 10.1 Å². The molecule has 0 radical (unpaired) electrons. The Kier molecular flexibility index (Phi) is 3.11. The lowest BCUT2D eigenvalue weighted by Gasteiger charge is -2.19. The second-order valence-electron chi connectivity index (χ2n) is 4.74. The average Bonchev–Trinajstić information content (AvgIpc) is 2.92. The molecule has 4 nitrogen and oxygen atoms in total. The molecule has 94 valence electrons. The summed E-state index contributed by atoms with van der Waals surface area (Å²) in [4.78, 5) is 8.85. The molecule has 1 aromatic carbocycles. The number of rotatable bonds is 3. The van der Waals surface area contributed by atoms with Crippen LogP contribution in [0.3, 0.4) is 0 Å². The van der Waals surface area contributed by atoms with E-state index in [1.165, 1.54) is 0 Å². The Morgan fingerprint density at radius 1 is 1.39 bits per heavy atom. The van der Waals surface area contributed by atoms with Crippen molar-refractivity contribution >= 4 is 16.9 Å². The first-order valence-electron chi connectivity index (χ1n) is 6.43. The van der Waals surface area contributed by atoms with Crippen LogP contribution in [0.15, 0.2) is 30.5 Å². The number of ether oxygens (including phenoxy) is 1. The van der Waals surface area contributed by atoms with Crippen molar-refractivity contribution in [1.82, 2.24) is 9.97 Å². The van der Waals surface area contributed by atoms with E-state index < -0.39 is 0 Å². The van der Waals surface area contributed by atoms with Crippen molar-refractivity contribution in [3.8, 4) is 0 Å². The lowest BCUT2D eigenvalue weighted by Crippen LogP contribution is -2.30. The summed E-state index contributed by atoms with van der Waals surface area (Å²) in [6.45, 7) is 2.99. The summed E-state index contributed by atoms with van der Waals surface area (Å²) in [7, 11) is 0. The molecule has 0 aliphatic carbocycles. The zero-order chi connectivity index (χ0) is 12.4. The number of hydrogen-bond acceptors (Lipinski definition) is 4. The smallest absolute Gasteiger partial charge is 0.223 e. The number of para-hydroxylation sites is 1. The summed E-state index contributed by atoms with van der Waals surface area (Å²) < 4.78 is 5.66. The van der Waals surface area contributed by atoms with E-state index in [2.05, 4.69) is 22.2 Å². The van der Waals surface area contributed by atoms with Crippen LogP contribution in [0.1, 0.15) is 19.8 Å². The van der Waals surface area contributed by atoms with Crippen LogP contribution in [-0.2, 0) is 4.74 Å². The number of aromatic nitrogens is 2. The maximum absolute atomic E-state index is 5.66. The van der Waals surface area contributed by atoms with Crippen molar-refractivity contribution in [2.24, 2.45) is 0 Å². The molecule has 2 heterocycles. The molecule has 2 unspecified atom stereocenters. The second kappa shape index (κ2) is 4.90. The van der Waals surface area contributed by atoms with Crippen LogP contribution in [0.5, 0.6) is 0 Å². The van der Waals surface area contributed by atoms with Crippen molar-refractivity contribution in [2.75, 3.05) is 11.9 Å². The third kappa shape index (κ3) is 2.29. The van der Waals surface area contributed by atoms with Crippen LogP contribution < -0.4 is 5.32 Å². The molecule has 4 heteroatoms. The van der Waals surface area contributed by atoms with Crippen molar-refractivity contribution < 1.29 is 4.74 Å². The summed E-state index contributed by atoms with van der Waals surface area (Å²) in [5, 5.41) is 4.39. The van der Waals surface area contributed by atoms with Crippen molar-refractivity contribution in [1.29, 1.82) is 0 Å². The van der Waals surface area contributed by atoms with E-state index in [0.717, 1.165) is 30.4 Å². The number of anilines is 1. The van der Waals surface area contributed by atoms with Gasteiger partial charge in [0.1, 0.15) is 0 Å². The van der Waals surface area contributed by atoms with Crippen LogP contribution in [0, 0.1) is 0 Å². The number of hydrogen-bond donors (Lipinski definition) is 1. The van der Waals surface area contributed by atoms with Gasteiger partial charge in [-0.1, -0.05) is 18.2 Å². The Balaban J connectivity index is 1.77. The Bertz CT molecular complexity index is 537. The first-order chi connectivity index (χ1) is 8.83. The zero-order valence-corrected chi connectivity index (χ0v) is 10.5. The molecular formula is C14H17N3O. The summed E-state index contributed by atoms with van der Waals surface area (Å²) >= 11 is 0. The fraction of sp³-hybridized carbons (Fsp3) is 0.429. The van der Waals surface area contributed by atoms with Gasteiger partial charge in [-0.05, 0) is 25.8 Å². The van der Waals surface area contributed by atoms with Gasteiger partial charge >= 0.3 is 0 Å². The van der Waals surface area contributed by atoms with Crippen molar-refractivity contribution in [2.45, 2.75) is 31.9 Å². The average molecular weight is 243 g/mol. The van der Waals surface area contributed by atoms with E-state index in [1.807, 2.05) is 30.5 Å². The molecule has 1 fully saturated rings. The number of nitrogens with one attached hydrogen (secondary N) is 1. The van der Waals surface area contributed by atoms with E-state index in [-0.39, 0.29) is 12.1 Å². The van der Waals surface area contributed by atoms with Crippen LogP contribution in [0.25, 0.3) is 10.9 Å². The molecule has 0 spiro atoms. The lowest BCUT2D eigenvalue weighted by atomic mass is 10.1. The highest BCUT2D eigenvalue weighted by molar-refractivity contribution is 5.78. The quantitative estimate of drug-likeness (QED) is 0.900. The minimum absolute atomic E-state index is 0.244. The SMILES string of the molecule is CC(Nc1ncc2ccccc2n1)C1CCCO1. The van der Waals surface area contributed by atoms with Crippen LogP contribution in [0.2, 0.25) is 0 Å². The normalized spacial score (nSPS) is 21.1. The Labute approximate surface area is 106 Å². The van der Waals surface area contributed by atoms with Gasteiger partial charge in [0.15, 0.2) is 0 Å². The topological polar surface area (TPSA) is 47.0 Å². The van der Waals surface area contributed by atoms with E-state index >= 15 is 0 Å². The predicted octanol–water partition coefficient (Wildman–Crippen LogP) is 2.61. The number of nitrogens with zero attached hydrogens (tertiary/aromatic N) is 2. The molecule has 1 N–H and O–H groups in total. The van der Waals surface area contributed by atoms with Gasteiger partial charge in [0.2, 0.25) is 5.95 Å². The Morgan fingerprint density at radius 2 is 2.28 bits per heavy atom. The molecule has 0 saturated carbocycles. The van der Waals surface area contributed by atoms with Gasteiger partial charge in [-0.2, -0.15) is 0 Å². The zero-order valence-electron chi connectivity index (χ0n) is 10.5. The summed E-state index contributed by atoms with van der Waals surface area (Å²) in [5.74, 6) is 0.678. The second-order valence-corrected chi connectivity index (χ2v) is 4.74. The van der Waals surface area contributed by atoms with Gasteiger partial charge in [0.25, 0.3) is 0 Å². The third-order valence-corrected chi connectivity index (χ3v) is 3.37. The maximum Gasteiger partial charge on any atom is 0.223 e. The molecule has 2 atom stereocenters. The van der Waals surface area contributed by atoms with Crippen LogP contribution in [0.4, 0.5) is 5.95 Å². The van der Waals surface area contributed by atoms with Crippen molar-refractivity contribution in [3.05, 3.63) is 30.5 Å². The molecule has 2 aromatic rings. The van der Waals surface area contributed by atoms with Gasteiger partial charge in [0, 0.05) is 18.2 Å². The molecule has 1 aromatic heterocycles. The van der Waals surface area contributed by atoms with Gasteiger partial charge in [-0.25, -0.2) is 9.97 Å². The summed E-state index contributed by atoms with van der Waals surface area (Å²) in [6, 6.07) is 8.24. The summed E-state index contributed by atoms with van der Waals surface area (Å²) in [6.07, 6.45) is 4.39. The van der Waals surface area contributed by atoms with E-state index in [1.54, 1.807) is 0 Å². The molecular weight excluding hydrogens is 226 g/mol. The van der Waals surface area contributed by atoms with Crippen molar-refractivity contribution in [3.63, 3.8) is 0 Å². The Morgan fingerprint density at radius 3 is 3.11 bits per heavy atom. The number of fused-ring (bicyclic) bond motifs is 1.